The van der Waals surface area contributed by atoms with Crippen LogP contribution in [0.5, 0.6) is 0 Å². The van der Waals surface area contributed by atoms with Crippen molar-refractivity contribution in [3.63, 3.8) is 0 Å². The molecule has 2 heterocycles. The Morgan fingerprint density at radius 3 is 3.10 bits per heavy atom. The van der Waals surface area contributed by atoms with Gasteiger partial charge < -0.3 is 11.1 Å². The van der Waals surface area contributed by atoms with Crippen LogP contribution in [0.25, 0.3) is 10.1 Å². The molecule has 0 atom stereocenters. The molecule has 0 unspecified atom stereocenters. The second-order valence-electron chi connectivity index (χ2n) is 4.49. The number of H-pyrrole nitrogens is 1. The van der Waals surface area contributed by atoms with Crippen LogP contribution in [0.15, 0.2) is 30.5 Å². The first-order valence-electron chi connectivity index (χ1n) is 6.30. The Hall–Kier alpha value is -2.34. The van der Waals surface area contributed by atoms with Gasteiger partial charge in [0.15, 0.2) is 0 Å². The predicted molar refractivity (Wildman–Crippen MR) is 82.2 cm³/mol. The zero-order valence-corrected chi connectivity index (χ0v) is 11.8. The molecule has 2 aromatic heterocycles. The van der Waals surface area contributed by atoms with E-state index in [0.29, 0.717) is 16.4 Å². The van der Waals surface area contributed by atoms with Crippen LogP contribution in [0.2, 0.25) is 0 Å². The van der Waals surface area contributed by atoms with Crippen molar-refractivity contribution in [1.82, 2.24) is 10.2 Å². The second-order valence-corrected chi connectivity index (χ2v) is 5.57. The van der Waals surface area contributed by atoms with Crippen LogP contribution in [-0.2, 0) is 6.42 Å². The number of carbonyl (C=O) groups excluding carboxylic acids is 1. The molecule has 0 spiro atoms. The van der Waals surface area contributed by atoms with E-state index in [1.807, 2.05) is 31.2 Å². The fraction of sp³-hybridized carbons (Fsp3) is 0.143. The number of amides is 1. The van der Waals surface area contributed by atoms with Gasteiger partial charge in [-0.05, 0) is 36.1 Å². The summed E-state index contributed by atoms with van der Waals surface area (Å²) in [5.41, 5.74) is 7.44. The highest BCUT2D eigenvalue weighted by atomic mass is 32.1. The average Bonchev–Trinajstić information content (AvgIpc) is 3.04. The molecule has 20 heavy (non-hydrogen) atoms. The van der Waals surface area contributed by atoms with Gasteiger partial charge in [0, 0.05) is 16.0 Å². The average molecular weight is 286 g/mol. The Morgan fingerprint density at radius 2 is 2.30 bits per heavy atom. The number of nitrogens with one attached hydrogen (secondary N) is 2. The molecule has 0 fully saturated rings. The molecular weight excluding hydrogens is 272 g/mol. The maximum atomic E-state index is 12.3. The van der Waals surface area contributed by atoms with Crippen LogP contribution in [0.3, 0.4) is 0 Å². The van der Waals surface area contributed by atoms with Crippen molar-refractivity contribution in [3.8, 4) is 0 Å². The van der Waals surface area contributed by atoms with Gasteiger partial charge in [-0.3, -0.25) is 9.89 Å². The number of benzene rings is 1. The normalized spacial score (nSPS) is 10.8. The molecule has 3 rings (SSSR count). The summed E-state index contributed by atoms with van der Waals surface area (Å²) in [6.45, 7) is 2.02. The minimum Gasteiger partial charge on any atom is -0.399 e. The highest BCUT2D eigenvalue weighted by Crippen LogP contribution is 2.28. The fourth-order valence-corrected chi connectivity index (χ4v) is 2.97. The maximum Gasteiger partial charge on any atom is 0.266 e. The molecule has 0 aliphatic carbocycles. The number of aromatic nitrogens is 2. The number of nitrogens with two attached hydrogens (primary N) is 1. The van der Waals surface area contributed by atoms with Crippen molar-refractivity contribution in [2.24, 2.45) is 0 Å². The fourth-order valence-electron chi connectivity index (χ4n) is 2.04. The summed E-state index contributed by atoms with van der Waals surface area (Å²) >= 11 is 1.45. The molecule has 0 saturated carbocycles. The van der Waals surface area contributed by atoms with E-state index >= 15 is 0 Å². The summed E-state index contributed by atoms with van der Waals surface area (Å²) in [6, 6.07) is 7.49. The minimum atomic E-state index is -0.135. The molecule has 1 amide bonds. The van der Waals surface area contributed by atoms with Crippen LogP contribution in [0.4, 0.5) is 11.5 Å². The monoisotopic (exact) mass is 286 g/mol. The molecule has 102 valence electrons. The van der Waals surface area contributed by atoms with E-state index in [0.717, 1.165) is 22.1 Å². The lowest BCUT2D eigenvalue weighted by Gasteiger charge is -2.02. The van der Waals surface area contributed by atoms with E-state index in [4.69, 9.17) is 5.73 Å². The van der Waals surface area contributed by atoms with Gasteiger partial charge in [-0.25, -0.2) is 0 Å². The van der Waals surface area contributed by atoms with Gasteiger partial charge in [-0.1, -0.05) is 6.92 Å². The number of rotatable bonds is 3. The molecule has 0 aliphatic heterocycles. The quantitative estimate of drug-likeness (QED) is 0.647. The van der Waals surface area contributed by atoms with Gasteiger partial charge in [-0.15, -0.1) is 11.3 Å². The lowest BCUT2D eigenvalue weighted by Crippen LogP contribution is -2.11. The molecular formula is C14H14N4OS. The zero-order valence-electron chi connectivity index (χ0n) is 10.9. The van der Waals surface area contributed by atoms with Crippen LogP contribution < -0.4 is 11.1 Å². The van der Waals surface area contributed by atoms with Crippen molar-refractivity contribution in [2.75, 3.05) is 11.1 Å². The Bertz CT molecular complexity index is 774. The second kappa shape index (κ2) is 4.97. The SMILES string of the molecule is CCc1cn[nH]c1NC(=O)c1cc2cc(N)ccc2s1. The first-order valence-corrected chi connectivity index (χ1v) is 7.11. The molecule has 6 heteroatoms. The Kier molecular flexibility index (Phi) is 3.15. The van der Waals surface area contributed by atoms with Crippen LogP contribution >= 0.6 is 11.3 Å². The van der Waals surface area contributed by atoms with E-state index in [-0.39, 0.29) is 5.91 Å². The molecule has 4 N–H and O–H groups in total. The molecule has 5 nitrogen and oxygen atoms in total. The van der Waals surface area contributed by atoms with Crippen molar-refractivity contribution in [1.29, 1.82) is 0 Å². The number of thiophene rings is 1. The summed E-state index contributed by atoms with van der Waals surface area (Å²) in [5, 5.41) is 10.6. The molecule has 3 aromatic rings. The Labute approximate surface area is 119 Å². The van der Waals surface area contributed by atoms with Crippen LogP contribution in [-0.4, -0.2) is 16.1 Å². The lowest BCUT2D eigenvalue weighted by molar-refractivity contribution is 0.103. The maximum absolute atomic E-state index is 12.3. The third kappa shape index (κ3) is 2.25. The number of fused-ring (bicyclic) bond motifs is 1. The van der Waals surface area contributed by atoms with E-state index in [2.05, 4.69) is 15.5 Å². The molecule has 0 aliphatic rings. The standard InChI is InChI=1S/C14H14N4OS/c1-2-8-7-16-18-13(8)17-14(19)12-6-9-5-10(15)3-4-11(9)20-12/h3-7H,2,15H2,1H3,(H2,16,17,18,19). The predicted octanol–water partition coefficient (Wildman–Crippen LogP) is 3.02. The minimum absolute atomic E-state index is 0.135. The van der Waals surface area contributed by atoms with Gasteiger partial charge >= 0.3 is 0 Å². The number of aromatic amines is 1. The number of nitrogens with zero attached hydrogens (tertiary/aromatic N) is 1. The number of aryl methyl sites for hydroxylation is 1. The lowest BCUT2D eigenvalue weighted by atomic mass is 10.2. The van der Waals surface area contributed by atoms with E-state index < -0.39 is 0 Å². The Balaban J connectivity index is 1.89. The summed E-state index contributed by atoms with van der Waals surface area (Å²) in [7, 11) is 0. The highest BCUT2D eigenvalue weighted by Gasteiger charge is 2.13. The first-order chi connectivity index (χ1) is 9.67. The van der Waals surface area contributed by atoms with Crippen LogP contribution in [0, 0.1) is 0 Å². The van der Waals surface area contributed by atoms with Gasteiger partial charge in [0.2, 0.25) is 0 Å². The third-order valence-corrected chi connectivity index (χ3v) is 4.22. The van der Waals surface area contributed by atoms with Crippen molar-refractivity contribution in [3.05, 3.63) is 40.9 Å². The Morgan fingerprint density at radius 1 is 1.45 bits per heavy atom. The largest absolute Gasteiger partial charge is 0.399 e. The topological polar surface area (TPSA) is 83.8 Å². The van der Waals surface area contributed by atoms with Gasteiger partial charge in [0.05, 0.1) is 11.1 Å². The summed E-state index contributed by atoms with van der Waals surface area (Å²) in [4.78, 5) is 12.9. The highest BCUT2D eigenvalue weighted by molar-refractivity contribution is 7.20. The number of carbonyl (C=O) groups is 1. The summed E-state index contributed by atoms with van der Waals surface area (Å²) < 4.78 is 1.05. The number of hydrogen-bond donors (Lipinski definition) is 3. The summed E-state index contributed by atoms with van der Waals surface area (Å²) in [5.74, 6) is 0.526. The molecule has 0 saturated heterocycles. The van der Waals surface area contributed by atoms with E-state index in [1.165, 1.54) is 11.3 Å². The smallest absolute Gasteiger partial charge is 0.266 e. The number of anilines is 2. The summed E-state index contributed by atoms with van der Waals surface area (Å²) in [6.07, 6.45) is 2.54. The van der Waals surface area contributed by atoms with Crippen molar-refractivity contribution in [2.45, 2.75) is 13.3 Å². The third-order valence-electron chi connectivity index (χ3n) is 3.10. The molecule has 0 radical (unpaired) electrons. The van der Waals surface area contributed by atoms with E-state index in [1.54, 1.807) is 6.20 Å². The molecule has 1 aromatic carbocycles. The number of nitrogen functional groups attached to an aromatic ring is 1. The van der Waals surface area contributed by atoms with E-state index in [9.17, 15) is 4.79 Å². The van der Waals surface area contributed by atoms with Gasteiger partial charge in [0.1, 0.15) is 5.82 Å². The molecule has 0 bridgehead atoms. The van der Waals surface area contributed by atoms with Crippen LogP contribution in [0.1, 0.15) is 22.2 Å². The number of hydrogen-bond acceptors (Lipinski definition) is 4. The van der Waals surface area contributed by atoms with Crippen molar-refractivity contribution < 1.29 is 4.79 Å². The zero-order chi connectivity index (χ0) is 14.1. The van der Waals surface area contributed by atoms with Gasteiger partial charge in [0.25, 0.3) is 5.91 Å². The first kappa shape index (κ1) is 12.7. The van der Waals surface area contributed by atoms with Crippen molar-refractivity contribution >= 4 is 38.8 Å². The van der Waals surface area contributed by atoms with Gasteiger partial charge in [-0.2, -0.15) is 5.10 Å².